The molecule has 1 aromatic heterocycles. The molecule has 0 spiro atoms. The number of hydrogen-bond acceptors (Lipinski definition) is 3. The second kappa shape index (κ2) is 7.29. The number of aromatic nitrogens is 2. The van der Waals surface area contributed by atoms with Crippen molar-refractivity contribution < 1.29 is 8.78 Å². The van der Waals surface area contributed by atoms with Crippen LogP contribution in [0.15, 0.2) is 35.5 Å². The highest BCUT2D eigenvalue weighted by Gasteiger charge is 2.27. The van der Waals surface area contributed by atoms with Crippen molar-refractivity contribution >= 4 is 11.6 Å². The molecule has 1 fully saturated rings. The molecule has 1 atom stereocenters. The Bertz CT molecular complexity index is 680. The van der Waals surface area contributed by atoms with Crippen LogP contribution >= 0.6 is 0 Å². The monoisotopic (exact) mass is 334 g/mol. The summed E-state index contributed by atoms with van der Waals surface area (Å²) in [6, 6.07) is 5.88. The van der Waals surface area contributed by atoms with Gasteiger partial charge in [0.1, 0.15) is 17.3 Å². The molecule has 0 amide bonds. The van der Waals surface area contributed by atoms with Crippen molar-refractivity contribution in [3.63, 3.8) is 0 Å². The molecule has 2 aromatic rings. The van der Waals surface area contributed by atoms with Gasteiger partial charge in [0.2, 0.25) is 0 Å². The standard InChI is InChI=1S/C16H20F2N6/c1-19-16(20-9-11-5-7-21-23-11)22-12-6-8-24(10-12)15-13(17)3-2-4-14(15)18/h2-5,7,12H,6,8-10H2,1H3,(H,21,23)(H2,19,20,22). The topological polar surface area (TPSA) is 68.3 Å². The molecule has 1 saturated heterocycles. The van der Waals surface area contributed by atoms with Crippen LogP contribution < -0.4 is 15.5 Å². The number of guanidine groups is 1. The van der Waals surface area contributed by atoms with Gasteiger partial charge < -0.3 is 15.5 Å². The predicted molar refractivity (Wildman–Crippen MR) is 88.9 cm³/mol. The zero-order valence-electron chi connectivity index (χ0n) is 13.4. The predicted octanol–water partition coefficient (Wildman–Crippen LogP) is 1.63. The van der Waals surface area contributed by atoms with Gasteiger partial charge in [-0.2, -0.15) is 5.10 Å². The van der Waals surface area contributed by atoms with Crippen LogP contribution in [0.1, 0.15) is 12.1 Å². The number of halogens is 2. The van der Waals surface area contributed by atoms with Gasteiger partial charge in [0.05, 0.1) is 12.2 Å². The molecular formula is C16H20F2N6. The van der Waals surface area contributed by atoms with Crippen molar-refractivity contribution in [1.29, 1.82) is 0 Å². The van der Waals surface area contributed by atoms with E-state index in [1.54, 1.807) is 18.1 Å². The maximum absolute atomic E-state index is 13.9. The second-order valence-corrected chi connectivity index (χ2v) is 5.65. The smallest absolute Gasteiger partial charge is 0.191 e. The van der Waals surface area contributed by atoms with Gasteiger partial charge in [-0.1, -0.05) is 6.07 Å². The molecule has 1 aromatic carbocycles. The molecule has 24 heavy (non-hydrogen) atoms. The molecule has 0 aliphatic carbocycles. The van der Waals surface area contributed by atoms with Crippen LogP contribution in [0, 0.1) is 11.6 Å². The van der Waals surface area contributed by atoms with E-state index in [0.29, 0.717) is 25.6 Å². The molecule has 0 radical (unpaired) electrons. The lowest BCUT2D eigenvalue weighted by Gasteiger charge is -2.21. The Balaban J connectivity index is 1.57. The van der Waals surface area contributed by atoms with E-state index in [2.05, 4.69) is 25.8 Å². The summed E-state index contributed by atoms with van der Waals surface area (Å²) < 4.78 is 27.8. The number of anilines is 1. The van der Waals surface area contributed by atoms with Gasteiger partial charge in [-0.15, -0.1) is 0 Å². The Morgan fingerprint density at radius 2 is 2.17 bits per heavy atom. The van der Waals surface area contributed by atoms with Crippen molar-refractivity contribution in [3.05, 3.63) is 47.8 Å². The SMILES string of the molecule is CN=C(NCc1ccn[nH]1)NC1CCN(c2c(F)cccc2F)C1. The summed E-state index contributed by atoms with van der Waals surface area (Å²) in [4.78, 5) is 5.90. The molecular weight excluding hydrogens is 314 g/mol. The minimum absolute atomic E-state index is 0.0437. The summed E-state index contributed by atoms with van der Waals surface area (Å²) in [6.45, 7) is 1.67. The molecule has 0 saturated carbocycles. The fourth-order valence-electron chi connectivity index (χ4n) is 2.82. The Hall–Kier alpha value is -2.64. The maximum Gasteiger partial charge on any atom is 0.191 e. The summed E-state index contributed by atoms with van der Waals surface area (Å²) in [6.07, 6.45) is 2.46. The number of aromatic amines is 1. The second-order valence-electron chi connectivity index (χ2n) is 5.65. The van der Waals surface area contributed by atoms with Crippen molar-refractivity contribution in [3.8, 4) is 0 Å². The minimum atomic E-state index is -0.530. The molecule has 1 unspecified atom stereocenters. The molecule has 8 heteroatoms. The Morgan fingerprint density at radius 3 is 2.83 bits per heavy atom. The fourth-order valence-corrected chi connectivity index (χ4v) is 2.82. The number of hydrogen-bond donors (Lipinski definition) is 3. The molecule has 1 aliphatic rings. The van der Waals surface area contributed by atoms with Gasteiger partial charge >= 0.3 is 0 Å². The summed E-state index contributed by atoms with van der Waals surface area (Å²) in [7, 11) is 1.69. The fraction of sp³-hybridized carbons (Fsp3) is 0.375. The highest BCUT2D eigenvalue weighted by Crippen LogP contribution is 2.26. The lowest BCUT2D eigenvalue weighted by atomic mass is 10.2. The van der Waals surface area contributed by atoms with E-state index in [9.17, 15) is 8.78 Å². The van der Waals surface area contributed by atoms with Gasteiger partial charge in [0.15, 0.2) is 5.96 Å². The zero-order valence-corrected chi connectivity index (χ0v) is 13.4. The Kier molecular flexibility index (Phi) is 4.93. The summed E-state index contributed by atoms with van der Waals surface area (Å²) in [5.74, 6) is -0.416. The third kappa shape index (κ3) is 3.64. The molecule has 2 heterocycles. The van der Waals surface area contributed by atoms with Crippen molar-refractivity contribution in [2.24, 2.45) is 4.99 Å². The number of para-hydroxylation sites is 1. The lowest BCUT2D eigenvalue weighted by molar-refractivity contribution is 0.576. The van der Waals surface area contributed by atoms with E-state index in [0.717, 1.165) is 12.1 Å². The van der Waals surface area contributed by atoms with Crippen LogP contribution in [-0.4, -0.2) is 42.3 Å². The first kappa shape index (κ1) is 16.2. The first-order chi connectivity index (χ1) is 11.7. The molecule has 0 bridgehead atoms. The quantitative estimate of drug-likeness (QED) is 0.587. The summed E-state index contributed by atoms with van der Waals surface area (Å²) >= 11 is 0. The van der Waals surface area contributed by atoms with E-state index < -0.39 is 11.6 Å². The van der Waals surface area contributed by atoms with E-state index >= 15 is 0 Å². The third-order valence-corrected chi connectivity index (χ3v) is 4.01. The van der Waals surface area contributed by atoms with E-state index in [1.165, 1.54) is 18.2 Å². The maximum atomic E-state index is 13.9. The number of rotatable bonds is 4. The van der Waals surface area contributed by atoms with Crippen molar-refractivity contribution in [2.75, 3.05) is 25.0 Å². The molecule has 3 N–H and O–H groups in total. The molecule has 3 rings (SSSR count). The normalized spacial score (nSPS) is 18.0. The molecule has 6 nitrogen and oxygen atoms in total. The van der Waals surface area contributed by atoms with Gasteiger partial charge in [-0.25, -0.2) is 8.78 Å². The minimum Gasteiger partial charge on any atom is -0.365 e. The average Bonchev–Trinajstić information content (AvgIpc) is 3.23. The zero-order chi connectivity index (χ0) is 16.9. The van der Waals surface area contributed by atoms with Gasteiger partial charge in [-0.3, -0.25) is 10.1 Å². The van der Waals surface area contributed by atoms with Crippen LogP contribution in [0.2, 0.25) is 0 Å². The van der Waals surface area contributed by atoms with E-state index in [-0.39, 0.29) is 11.7 Å². The third-order valence-electron chi connectivity index (χ3n) is 4.01. The van der Waals surface area contributed by atoms with E-state index in [4.69, 9.17) is 0 Å². The summed E-state index contributed by atoms with van der Waals surface area (Å²) in [5.41, 5.74) is 0.988. The van der Waals surface area contributed by atoms with Crippen LogP contribution in [-0.2, 0) is 6.54 Å². The number of H-pyrrole nitrogens is 1. The van der Waals surface area contributed by atoms with Crippen LogP contribution in [0.3, 0.4) is 0 Å². The van der Waals surface area contributed by atoms with Crippen molar-refractivity contribution in [1.82, 2.24) is 20.8 Å². The number of nitrogens with one attached hydrogen (secondary N) is 3. The Labute approximate surface area is 139 Å². The average molecular weight is 334 g/mol. The van der Waals surface area contributed by atoms with E-state index in [1.807, 2.05) is 6.07 Å². The van der Waals surface area contributed by atoms with Crippen LogP contribution in [0.5, 0.6) is 0 Å². The van der Waals surface area contributed by atoms with Crippen LogP contribution in [0.25, 0.3) is 0 Å². The largest absolute Gasteiger partial charge is 0.365 e. The van der Waals surface area contributed by atoms with Crippen LogP contribution in [0.4, 0.5) is 14.5 Å². The van der Waals surface area contributed by atoms with Crippen molar-refractivity contribution in [2.45, 2.75) is 19.0 Å². The lowest BCUT2D eigenvalue weighted by Crippen LogP contribution is -2.44. The number of aliphatic imine (C=N–C) groups is 1. The number of nitrogens with zero attached hydrogens (tertiary/aromatic N) is 3. The van der Waals surface area contributed by atoms with Gasteiger partial charge in [-0.05, 0) is 24.6 Å². The first-order valence-electron chi connectivity index (χ1n) is 7.81. The number of benzene rings is 1. The summed E-state index contributed by atoms with van der Waals surface area (Å²) in [5, 5.41) is 13.2. The molecule has 128 valence electrons. The highest BCUT2D eigenvalue weighted by atomic mass is 19.1. The van der Waals surface area contributed by atoms with Gasteiger partial charge in [0.25, 0.3) is 0 Å². The first-order valence-corrected chi connectivity index (χ1v) is 7.81. The van der Waals surface area contributed by atoms with Gasteiger partial charge in [0, 0.05) is 32.4 Å². The highest BCUT2D eigenvalue weighted by molar-refractivity contribution is 5.80. The Morgan fingerprint density at radius 1 is 1.38 bits per heavy atom. The molecule has 1 aliphatic heterocycles.